The number of hydrogen-bond donors (Lipinski definition) is 1. The van der Waals surface area contributed by atoms with E-state index in [0.717, 1.165) is 12.8 Å². The van der Waals surface area contributed by atoms with Crippen LogP contribution in [0.1, 0.15) is 23.2 Å². The van der Waals surface area contributed by atoms with Crippen molar-refractivity contribution >= 4 is 17.5 Å². The Labute approximate surface area is 139 Å². The van der Waals surface area contributed by atoms with Crippen molar-refractivity contribution in [2.24, 2.45) is 13.0 Å². The third-order valence-electron chi connectivity index (χ3n) is 4.14. The number of nitrogens with one attached hydrogen (secondary N) is 1. The van der Waals surface area contributed by atoms with Gasteiger partial charge in [0.1, 0.15) is 5.82 Å². The summed E-state index contributed by atoms with van der Waals surface area (Å²) in [6, 6.07) is 5.47. The van der Waals surface area contributed by atoms with E-state index in [1.165, 1.54) is 24.3 Å². The Morgan fingerprint density at radius 1 is 1.29 bits per heavy atom. The van der Waals surface area contributed by atoms with Gasteiger partial charge in [-0.15, -0.1) is 0 Å². The van der Waals surface area contributed by atoms with Crippen LogP contribution in [0.15, 0.2) is 36.7 Å². The highest BCUT2D eigenvalue weighted by atomic mass is 19.1. The van der Waals surface area contributed by atoms with Gasteiger partial charge >= 0.3 is 0 Å². The second-order valence-electron chi connectivity index (χ2n) is 5.99. The normalized spacial score (nSPS) is 17.6. The molecule has 126 valence electrons. The van der Waals surface area contributed by atoms with Crippen LogP contribution in [0.2, 0.25) is 0 Å². The SMILES string of the molecule is Cn1cc(NC(=O)C2CCCN(C(=O)c3ccc(F)cc3)C2)cn1. The first kappa shape index (κ1) is 16.2. The fourth-order valence-electron chi connectivity index (χ4n) is 2.88. The van der Waals surface area contributed by atoms with Gasteiger partial charge in [0.2, 0.25) is 5.91 Å². The average molecular weight is 330 g/mol. The predicted molar refractivity (Wildman–Crippen MR) is 86.9 cm³/mol. The monoisotopic (exact) mass is 330 g/mol. The molecule has 7 heteroatoms. The van der Waals surface area contributed by atoms with Crippen LogP contribution in [0, 0.1) is 11.7 Å². The van der Waals surface area contributed by atoms with Gasteiger partial charge in [-0.3, -0.25) is 14.3 Å². The number of benzene rings is 1. The minimum absolute atomic E-state index is 0.111. The molecule has 0 aliphatic carbocycles. The molecule has 6 nitrogen and oxygen atoms in total. The summed E-state index contributed by atoms with van der Waals surface area (Å²) >= 11 is 0. The predicted octanol–water partition coefficient (Wildman–Crippen LogP) is 2.05. The highest BCUT2D eigenvalue weighted by Crippen LogP contribution is 2.20. The van der Waals surface area contributed by atoms with Crippen LogP contribution in [-0.4, -0.2) is 39.6 Å². The number of amides is 2. The van der Waals surface area contributed by atoms with E-state index in [2.05, 4.69) is 10.4 Å². The number of likely N-dealkylation sites (tertiary alicyclic amines) is 1. The molecular weight excluding hydrogens is 311 g/mol. The quantitative estimate of drug-likeness (QED) is 0.936. The molecule has 1 aliphatic heterocycles. The lowest BCUT2D eigenvalue weighted by molar-refractivity contribution is -0.121. The molecule has 3 rings (SSSR count). The first-order chi connectivity index (χ1) is 11.5. The van der Waals surface area contributed by atoms with E-state index in [4.69, 9.17) is 0 Å². The summed E-state index contributed by atoms with van der Waals surface area (Å²) in [6.45, 7) is 0.967. The number of hydrogen-bond acceptors (Lipinski definition) is 3. The smallest absolute Gasteiger partial charge is 0.253 e. The van der Waals surface area contributed by atoms with Crippen LogP contribution in [0.5, 0.6) is 0 Å². The Morgan fingerprint density at radius 3 is 2.71 bits per heavy atom. The van der Waals surface area contributed by atoms with Crippen LogP contribution >= 0.6 is 0 Å². The molecule has 1 aromatic carbocycles. The lowest BCUT2D eigenvalue weighted by Gasteiger charge is -2.32. The summed E-state index contributed by atoms with van der Waals surface area (Å²) in [5, 5.41) is 6.84. The number of anilines is 1. The van der Waals surface area contributed by atoms with Crippen LogP contribution in [0.4, 0.5) is 10.1 Å². The summed E-state index contributed by atoms with van der Waals surface area (Å²) in [7, 11) is 1.78. The number of halogens is 1. The molecular formula is C17H19FN4O2. The molecule has 2 amide bonds. The molecule has 1 aliphatic rings. The molecule has 1 N–H and O–H groups in total. The summed E-state index contributed by atoms with van der Waals surface area (Å²) in [5.41, 5.74) is 1.08. The second-order valence-corrected chi connectivity index (χ2v) is 5.99. The standard InChI is InChI=1S/C17H19FN4O2/c1-21-11-15(9-19-21)20-16(23)13-3-2-8-22(10-13)17(24)12-4-6-14(18)7-5-12/h4-7,9,11,13H,2-3,8,10H2,1H3,(H,20,23). The molecule has 2 heterocycles. The van der Waals surface area contributed by atoms with E-state index >= 15 is 0 Å². The van der Waals surface area contributed by atoms with Crippen molar-refractivity contribution in [3.8, 4) is 0 Å². The van der Waals surface area contributed by atoms with Crippen molar-refractivity contribution in [2.45, 2.75) is 12.8 Å². The van der Waals surface area contributed by atoms with E-state index in [-0.39, 0.29) is 23.5 Å². The highest BCUT2D eigenvalue weighted by molar-refractivity contribution is 5.96. The first-order valence-corrected chi connectivity index (χ1v) is 7.87. The van der Waals surface area contributed by atoms with E-state index in [1.54, 1.807) is 29.0 Å². The Balaban J connectivity index is 1.64. The molecule has 0 radical (unpaired) electrons. The number of aromatic nitrogens is 2. The number of piperidine rings is 1. The third-order valence-corrected chi connectivity index (χ3v) is 4.14. The Kier molecular flexibility index (Phi) is 4.59. The molecule has 24 heavy (non-hydrogen) atoms. The number of aryl methyl sites for hydroxylation is 1. The molecule has 1 fully saturated rings. The zero-order chi connectivity index (χ0) is 17.1. The van der Waals surface area contributed by atoms with Crippen molar-refractivity contribution in [1.82, 2.24) is 14.7 Å². The fourth-order valence-corrected chi connectivity index (χ4v) is 2.88. The highest BCUT2D eigenvalue weighted by Gasteiger charge is 2.29. The first-order valence-electron chi connectivity index (χ1n) is 7.87. The van der Waals surface area contributed by atoms with E-state index in [1.807, 2.05) is 0 Å². The summed E-state index contributed by atoms with van der Waals surface area (Å²) in [5.74, 6) is -0.921. The van der Waals surface area contributed by atoms with Crippen LogP contribution in [0.25, 0.3) is 0 Å². The molecule has 1 saturated heterocycles. The second kappa shape index (κ2) is 6.82. The lowest BCUT2D eigenvalue weighted by atomic mass is 9.96. The maximum atomic E-state index is 13.0. The van der Waals surface area contributed by atoms with Gasteiger partial charge in [0, 0.05) is 31.9 Å². The van der Waals surface area contributed by atoms with E-state index < -0.39 is 0 Å². The largest absolute Gasteiger partial charge is 0.338 e. The van der Waals surface area contributed by atoms with E-state index in [9.17, 15) is 14.0 Å². The topological polar surface area (TPSA) is 67.2 Å². The lowest BCUT2D eigenvalue weighted by Crippen LogP contribution is -2.43. The van der Waals surface area contributed by atoms with Crippen molar-refractivity contribution in [1.29, 1.82) is 0 Å². The van der Waals surface area contributed by atoms with Crippen LogP contribution in [0.3, 0.4) is 0 Å². The zero-order valence-electron chi connectivity index (χ0n) is 13.4. The Bertz CT molecular complexity index is 741. The third kappa shape index (κ3) is 3.61. The number of carbonyl (C=O) groups excluding carboxylic acids is 2. The van der Waals surface area contributed by atoms with Gasteiger partial charge in [0.25, 0.3) is 5.91 Å². The molecule has 0 spiro atoms. The number of carbonyl (C=O) groups is 2. The van der Waals surface area contributed by atoms with Gasteiger partial charge < -0.3 is 10.2 Å². The van der Waals surface area contributed by atoms with Crippen molar-refractivity contribution in [3.63, 3.8) is 0 Å². The van der Waals surface area contributed by atoms with Gasteiger partial charge in [-0.2, -0.15) is 5.10 Å². The van der Waals surface area contributed by atoms with E-state index in [0.29, 0.717) is 24.3 Å². The maximum absolute atomic E-state index is 13.0. The van der Waals surface area contributed by atoms with Gasteiger partial charge in [-0.25, -0.2) is 4.39 Å². The summed E-state index contributed by atoms with van der Waals surface area (Å²) in [6.07, 6.45) is 4.81. The number of rotatable bonds is 3. The zero-order valence-corrected chi connectivity index (χ0v) is 13.4. The minimum atomic E-state index is -0.376. The minimum Gasteiger partial charge on any atom is -0.338 e. The summed E-state index contributed by atoms with van der Waals surface area (Å²) < 4.78 is 14.6. The molecule has 1 unspecified atom stereocenters. The molecule has 1 aromatic heterocycles. The van der Waals surface area contributed by atoms with Crippen molar-refractivity contribution in [3.05, 3.63) is 48.0 Å². The molecule has 0 saturated carbocycles. The molecule has 0 bridgehead atoms. The van der Waals surface area contributed by atoms with Crippen LogP contribution < -0.4 is 5.32 Å². The molecule has 2 aromatic rings. The summed E-state index contributed by atoms with van der Waals surface area (Å²) in [4.78, 5) is 26.5. The number of nitrogens with zero attached hydrogens (tertiary/aromatic N) is 3. The maximum Gasteiger partial charge on any atom is 0.253 e. The Morgan fingerprint density at radius 2 is 2.04 bits per heavy atom. The van der Waals surface area contributed by atoms with Gasteiger partial charge in [0.15, 0.2) is 0 Å². The molecule has 1 atom stereocenters. The fraction of sp³-hybridized carbons (Fsp3) is 0.353. The average Bonchev–Trinajstić information content (AvgIpc) is 3.00. The van der Waals surface area contributed by atoms with Crippen LogP contribution in [-0.2, 0) is 11.8 Å². The van der Waals surface area contributed by atoms with Gasteiger partial charge in [-0.1, -0.05) is 0 Å². The van der Waals surface area contributed by atoms with Crippen molar-refractivity contribution in [2.75, 3.05) is 18.4 Å². The van der Waals surface area contributed by atoms with Crippen molar-refractivity contribution < 1.29 is 14.0 Å². The van der Waals surface area contributed by atoms with Gasteiger partial charge in [0.05, 0.1) is 17.8 Å². The Hall–Kier alpha value is -2.70. The van der Waals surface area contributed by atoms with Gasteiger partial charge in [-0.05, 0) is 37.1 Å².